The van der Waals surface area contributed by atoms with Crippen molar-refractivity contribution < 1.29 is 18.0 Å². The number of ketones is 1. The number of alkyl halides is 3. The van der Waals surface area contributed by atoms with Crippen LogP contribution in [0.1, 0.15) is 56.6 Å². The molecule has 23 heavy (non-hydrogen) atoms. The molecule has 2 aliphatic rings. The fourth-order valence-electron chi connectivity index (χ4n) is 4.08. The van der Waals surface area contributed by atoms with Gasteiger partial charge in [0, 0.05) is 5.41 Å². The van der Waals surface area contributed by atoms with Crippen LogP contribution in [0.3, 0.4) is 0 Å². The minimum absolute atomic E-state index is 0.202. The van der Waals surface area contributed by atoms with E-state index in [0.29, 0.717) is 11.5 Å². The first-order chi connectivity index (χ1) is 10.8. The number of allylic oxidation sites excluding steroid dienone is 1. The third kappa shape index (κ3) is 3.08. The zero-order chi connectivity index (χ0) is 16.7. The molecule has 2 aliphatic carbocycles. The Labute approximate surface area is 134 Å². The van der Waals surface area contributed by atoms with Crippen LogP contribution in [0.5, 0.6) is 0 Å². The van der Waals surface area contributed by atoms with Crippen LogP contribution in [0.15, 0.2) is 29.8 Å². The fourth-order valence-corrected chi connectivity index (χ4v) is 4.08. The first-order valence-corrected chi connectivity index (χ1v) is 8.23. The van der Waals surface area contributed by atoms with Crippen molar-refractivity contribution in [1.29, 1.82) is 0 Å². The maximum absolute atomic E-state index is 12.9. The average Bonchev–Trinajstić information content (AvgIpc) is 2.51. The van der Waals surface area contributed by atoms with Gasteiger partial charge >= 0.3 is 6.18 Å². The summed E-state index contributed by atoms with van der Waals surface area (Å²) in [5.41, 5.74) is 0.507. The Morgan fingerprint density at radius 1 is 1.13 bits per heavy atom. The standard InChI is InChI=1S/C19H21F3O/c1-18-11-3-2-4-15(18)10-7-14(17(18)23)12-13-5-8-16(9-6-13)19(20,21)22/h5-6,8-9,12,15H,2-4,7,10-11H2,1H3/b14-12+/t15-,18+/m0/s1. The molecule has 2 saturated carbocycles. The molecule has 2 atom stereocenters. The van der Waals surface area contributed by atoms with Crippen molar-refractivity contribution in [3.63, 3.8) is 0 Å². The zero-order valence-corrected chi connectivity index (χ0v) is 13.2. The lowest BCUT2D eigenvalue weighted by Crippen LogP contribution is -2.42. The first kappa shape index (κ1) is 16.3. The Morgan fingerprint density at radius 2 is 1.83 bits per heavy atom. The van der Waals surface area contributed by atoms with Crippen molar-refractivity contribution >= 4 is 11.9 Å². The molecule has 0 aromatic heterocycles. The number of carbonyl (C=O) groups is 1. The van der Waals surface area contributed by atoms with Crippen molar-refractivity contribution in [2.45, 2.75) is 51.6 Å². The molecule has 0 radical (unpaired) electrons. The fraction of sp³-hybridized carbons (Fsp3) is 0.526. The van der Waals surface area contributed by atoms with Gasteiger partial charge in [-0.3, -0.25) is 4.79 Å². The number of fused-ring (bicyclic) bond motifs is 1. The maximum atomic E-state index is 12.9. The topological polar surface area (TPSA) is 17.1 Å². The van der Waals surface area contributed by atoms with Gasteiger partial charge in [0.2, 0.25) is 0 Å². The molecule has 124 valence electrons. The van der Waals surface area contributed by atoms with E-state index in [1.807, 2.05) is 0 Å². The van der Waals surface area contributed by atoms with Crippen LogP contribution in [-0.2, 0) is 11.0 Å². The molecular formula is C19H21F3O. The molecule has 1 nitrogen and oxygen atoms in total. The largest absolute Gasteiger partial charge is 0.416 e. The summed E-state index contributed by atoms with van der Waals surface area (Å²) < 4.78 is 37.8. The third-order valence-electron chi connectivity index (χ3n) is 5.55. The van der Waals surface area contributed by atoms with Gasteiger partial charge in [-0.1, -0.05) is 31.9 Å². The normalized spacial score (nSPS) is 30.3. The summed E-state index contributed by atoms with van der Waals surface area (Å²) in [7, 11) is 0. The van der Waals surface area contributed by atoms with E-state index >= 15 is 0 Å². The molecule has 1 aromatic rings. The summed E-state index contributed by atoms with van der Waals surface area (Å²) in [6.07, 6.45) is 3.54. The van der Waals surface area contributed by atoms with Gasteiger partial charge in [0.15, 0.2) is 5.78 Å². The summed E-state index contributed by atoms with van der Waals surface area (Å²) in [6.45, 7) is 2.07. The van der Waals surface area contributed by atoms with E-state index in [1.54, 1.807) is 6.08 Å². The highest BCUT2D eigenvalue weighted by molar-refractivity contribution is 6.04. The highest BCUT2D eigenvalue weighted by atomic mass is 19.4. The molecule has 0 unspecified atom stereocenters. The lowest BCUT2D eigenvalue weighted by Gasteiger charge is -2.44. The van der Waals surface area contributed by atoms with Gasteiger partial charge in [-0.05, 0) is 60.9 Å². The van der Waals surface area contributed by atoms with Gasteiger partial charge in [0.25, 0.3) is 0 Å². The van der Waals surface area contributed by atoms with Crippen LogP contribution in [0.4, 0.5) is 13.2 Å². The summed E-state index contributed by atoms with van der Waals surface area (Å²) in [5, 5.41) is 0. The van der Waals surface area contributed by atoms with Gasteiger partial charge in [-0.25, -0.2) is 0 Å². The number of carbonyl (C=O) groups excluding carboxylic acids is 1. The summed E-state index contributed by atoms with van der Waals surface area (Å²) in [6, 6.07) is 5.03. The number of halogens is 3. The Kier molecular flexibility index (Phi) is 4.11. The molecule has 0 spiro atoms. The minimum atomic E-state index is -4.32. The molecular weight excluding hydrogens is 301 g/mol. The number of benzene rings is 1. The van der Waals surface area contributed by atoms with Crippen LogP contribution in [-0.4, -0.2) is 5.78 Å². The Bertz CT molecular complexity index is 627. The molecule has 3 rings (SSSR count). The van der Waals surface area contributed by atoms with Crippen molar-refractivity contribution in [3.05, 3.63) is 41.0 Å². The molecule has 0 heterocycles. The summed E-state index contributed by atoms with van der Waals surface area (Å²) in [4.78, 5) is 12.9. The number of Topliss-reactive ketones (excluding diaryl/α,β-unsaturated/α-hetero) is 1. The van der Waals surface area contributed by atoms with Crippen LogP contribution in [0.25, 0.3) is 6.08 Å². The van der Waals surface area contributed by atoms with Gasteiger partial charge < -0.3 is 0 Å². The molecule has 1 aromatic carbocycles. The SMILES string of the molecule is C[C@@]12CCCC[C@H]1CC/C(=C\c1ccc(C(F)(F)F)cc1)C2=O. The van der Waals surface area contributed by atoms with Crippen molar-refractivity contribution in [2.24, 2.45) is 11.3 Å². The van der Waals surface area contributed by atoms with Gasteiger partial charge in [-0.2, -0.15) is 13.2 Å². The van der Waals surface area contributed by atoms with Crippen LogP contribution in [0, 0.1) is 11.3 Å². The van der Waals surface area contributed by atoms with E-state index in [0.717, 1.165) is 49.8 Å². The van der Waals surface area contributed by atoms with Crippen molar-refractivity contribution in [3.8, 4) is 0 Å². The lowest BCUT2D eigenvalue weighted by atomic mass is 9.58. The predicted octanol–water partition coefficient (Wildman–Crippen LogP) is 5.65. The molecule has 0 aliphatic heterocycles. The molecule has 2 fully saturated rings. The van der Waals surface area contributed by atoms with E-state index in [-0.39, 0.29) is 11.2 Å². The molecule has 0 saturated heterocycles. The smallest absolute Gasteiger partial charge is 0.294 e. The van der Waals surface area contributed by atoms with Crippen molar-refractivity contribution in [1.82, 2.24) is 0 Å². The zero-order valence-electron chi connectivity index (χ0n) is 13.2. The van der Waals surface area contributed by atoms with Gasteiger partial charge in [-0.15, -0.1) is 0 Å². The molecule has 0 bridgehead atoms. The number of hydrogen-bond donors (Lipinski definition) is 0. The highest BCUT2D eigenvalue weighted by Gasteiger charge is 2.46. The quantitative estimate of drug-likeness (QED) is 0.611. The lowest BCUT2D eigenvalue weighted by molar-refractivity contribution is -0.137. The Hall–Kier alpha value is -1.58. The predicted molar refractivity (Wildman–Crippen MR) is 83.7 cm³/mol. The monoisotopic (exact) mass is 322 g/mol. The van der Waals surface area contributed by atoms with Crippen LogP contribution in [0.2, 0.25) is 0 Å². The van der Waals surface area contributed by atoms with E-state index in [2.05, 4.69) is 6.92 Å². The van der Waals surface area contributed by atoms with E-state index in [1.165, 1.54) is 18.6 Å². The third-order valence-corrected chi connectivity index (χ3v) is 5.55. The van der Waals surface area contributed by atoms with Crippen LogP contribution >= 0.6 is 0 Å². The van der Waals surface area contributed by atoms with Gasteiger partial charge in [0.05, 0.1) is 5.56 Å². The van der Waals surface area contributed by atoms with E-state index < -0.39 is 11.7 Å². The van der Waals surface area contributed by atoms with Crippen molar-refractivity contribution in [2.75, 3.05) is 0 Å². The van der Waals surface area contributed by atoms with E-state index in [4.69, 9.17) is 0 Å². The second kappa shape index (κ2) is 5.81. The average molecular weight is 322 g/mol. The summed E-state index contributed by atoms with van der Waals surface area (Å²) in [5.74, 6) is 0.668. The number of rotatable bonds is 1. The first-order valence-electron chi connectivity index (χ1n) is 8.23. The second-order valence-corrected chi connectivity index (χ2v) is 7.02. The highest BCUT2D eigenvalue weighted by Crippen LogP contribution is 2.49. The maximum Gasteiger partial charge on any atom is 0.416 e. The van der Waals surface area contributed by atoms with E-state index in [9.17, 15) is 18.0 Å². The van der Waals surface area contributed by atoms with Crippen LogP contribution < -0.4 is 0 Å². The minimum Gasteiger partial charge on any atom is -0.294 e. The molecule has 0 amide bonds. The Morgan fingerprint density at radius 3 is 2.48 bits per heavy atom. The number of hydrogen-bond acceptors (Lipinski definition) is 1. The van der Waals surface area contributed by atoms with Gasteiger partial charge in [0.1, 0.15) is 0 Å². The second-order valence-electron chi connectivity index (χ2n) is 7.02. The molecule has 4 heteroatoms. The molecule has 0 N–H and O–H groups in total. The Balaban J connectivity index is 1.84. The summed E-state index contributed by atoms with van der Waals surface area (Å²) >= 11 is 0.